The molecule has 1 atom stereocenters. The van der Waals surface area contributed by atoms with Crippen molar-refractivity contribution in [1.82, 2.24) is 0 Å². The van der Waals surface area contributed by atoms with Crippen LogP contribution < -0.4 is 0 Å². The van der Waals surface area contributed by atoms with E-state index < -0.39 is 0 Å². The molecule has 0 spiro atoms. The molecule has 2 aromatic rings. The van der Waals surface area contributed by atoms with Gasteiger partial charge in [0.25, 0.3) is 0 Å². The molecule has 146 valence electrons. The number of hydrogen-bond acceptors (Lipinski definition) is 2. The molecule has 0 aliphatic carbocycles. The van der Waals surface area contributed by atoms with Crippen LogP contribution in [0, 0.1) is 11.8 Å². The SMILES string of the molecule is CCCCCCCCCCCC(N=O)c1ccc(C)cc1-c1ccccc1. The minimum absolute atomic E-state index is 0.245. The molecule has 0 N–H and O–H groups in total. The van der Waals surface area contributed by atoms with Crippen molar-refractivity contribution in [2.24, 2.45) is 5.18 Å². The molecule has 0 aliphatic rings. The normalized spacial score (nSPS) is 12.1. The molecule has 0 radical (unpaired) electrons. The Morgan fingerprint density at radius 2 is 1.44 bits per heavy atom. The molecule has 2 heteroatoms. The van der Waals surface area contributed by atoms with E-state index in [0.29, 0.717) is 0 Å². The van der Waals surface area contributed by atoms with Crippen LogP contribution in [0.1, 0.15) is 88.3 Å². The van der Waals surface area contributed by atoms with Crippen molar-refractivity contribution in [3.8, 4) is 11.1 Å². The lowest BCUT2D eigenvalue weighted by atomic mass is 9.91. The van der Waals surface area contributed by atoms with Crippen LogP contribution in [0.15, 0.2) is 53.7 Å². The Labute approximate surface area is 165 Å². The summed E-state index contributed by atoms with van der Waals surface area (Å²) in [6.45, 7) is 4.36. The van der Waals surface area contributed by atoms with Gasteiger partial charge in [0.05, 0.1) is 0 Å². The highest BCUT2D eigenvalue weighted by Gasteiger charge is 2.17. The second kappa shape index (κ2) is 12.4. The predicted molar refractivity (Wildman–Crippen MR) is 117 cm³/mol. The molecule has 0 fully saturated rings. The molecule has 0 saturated heterocycles. The maximum absolute atomic E-state index is 11.6. The van der Waals surface area contributed by atoms with Crippen molar-refractivity contribution < 1.29 is 0 Å². The van der Waals surface area contributed by atoms with E-state index in [9.17, 15) is 4.91 Å². The number of nitrogens with zero attached hydrogens (tertiary/aromatic N) is 1. The van der Waals surface area contributed by atoms with Gasteiger partial charge in [-0.3, -0.25) is 0 Å². The van der Waals surface area contributed by atoms with Gasteiger partial charge >= 0.3 is 0 Å². The quantitative estimate of drug-likeness (QED) is 0.259. The predicted octanol–water partition coefficient (Wildman–Crippen LogP) is 8.39. The summed E-state index contributed by atoms with van der Waals surface area (Å²) >= 11 is 0. The average Bonchev–Trinajstić information content (AvgIpc) is 2.70. The maximum atomic E-state index is 11.6. The summed E-state index contributed by atoms with van der Waals surface area (Å²) in [6.07, 6.45) is 12.5. The molecule has 0 heterocycles. The van der Waals surface area contributed by atoms with E-state index in [1.54, 1.807) is 0 Å². The van der Waals surface area contributed by atoms with Gasteiger partial charge in [-0.25, -0.2) is 0 Å². The number of aryl methyl sites for hydroxylation is 1. The summed E-state index contributed by atoms with van der Waals surface area (Å²) in [7, 11) is 0. The highest BCUT2D eigenvalue weighted by atomic mass is 16.3. The first-order valence-electron chi connectivity index (χ1n) is 10.7. The highest BCUT2D eigenvalue weighted by molar-refractivity contribution is 5.68. The van der Waals surface area contributed by atoms with Crippen LogP contribution in [-0.4, -0.2) is 0 Å². The van der Waals surface area contributed by atoms with Gasteiger partial charge in [-0.1, -0.05) is 124 Å². The zero-order valence-electron chi connectivity index (χ0n) is 17.1. The van der Waals surface area contributed by atoms with Crippen molar-refractivity contribution in [1.29, 1.82) is 0 Å². The Kier molecular flexibility index (Phi) is 9.83. The molecule has 0 aliphatic heterocycles. The summed E-state index contributed by atoms with van der Waals surface area (Å²) < 4.78 is 0. The molecule has 2 nitrogen and oxygen atoms in total. The van der Waals surface area contributed by atoms with Gasteiger partial charge in [0.15, 0.2) is 0 Å². The van der Waals surface area contributed by atoms with Crippen LogP contribution in [0.4, 0.5) is 0 Å². The van der Waals surface area contributed by atoms with Crippen LogP contribution in [-0.2, 0) is 0 Å². The molecular weight excluding hydrogens is 330 g/mol. The average molecular weight is 366 g/mol. The van der Waals surface area contributed by atoms with Gasteiger partial charge in [-0.05, 0) is 30.0 Å². The molecule has 0 saturated carbocycles. The molecule has 2 rings (SSSR count). The van der Waals surface area contributed by atoms with E-state index in [2.05, 4.69) is 49.4 Å². The zero-order valence-corrected chi connectivity index (χ0v) is 17.1. The van der Waals surface area contributed by atoms with E-state index >= 15 is 0 Å². The molecule has 0 amide bonds. The van der Waals surface area contributed by atoms with Crippen LogP contribution in [0.5, 0.6) is 0 Å². The van der Waals surface area contributed by atoms with Gasteiger partial charge in [-0.15, -0.1) is 0 Å². The lowest BCUT2D eigenvalue weighted by Gasteiger charge is -2.16. The van der Waals surface area contributed by atoms with Gasteiger partial charge in [-0.2, -0.15) is 4.91 Å². The Morgan fingerprint density at radius 1 is 0.815 bits per heavy atom. The van der Waals surface area contributed by atoms with E-state index in [4.69, 9.17) is 0 Å². The fourth-order valence-electron chi connectivity index (χ4n) is 3.74. The van der Waals surface area contributed by atoms with Crippen LogP contribution >= 0.6 is 0 Å². The zero-order chi connectivity index (χ0) is 19.3. The van der Waals surface area contributed by atoms with Gasteiger partial charge < -0.3 is 0 Å². The Balaban J connectivity index is 1.87. The van der Waals surface area contributed by atoms with Crippen molar-refractivity contribution in [2.75, 3.05) is 0 Å². The lowest BCUT2D eigenvalue weighted by Crippen LogP contribution is -1.99. The minimum Gasteiger partial charge on any atom is -0.150 e. The molecule has 2 aromatic carbocycles. The maximum Gasteiger partial charge on any atom is 0.117 e. The number of rotatable bonds is 13. The van der Waals surface area contributed by atoms with Crippen molar-refractivity contribution >= 4 is 0 Å². The Morgan fingerprint density at radius 3 is 2.07 bits per heavy atom. The summed E-state index contributed by atoms with van der Waals surface area (Å²) in [5.41, 5.74) is 4.60. The Bertz CT molecular complexity index is 665. The van der Waals surface area contributed by atoms with Crippen molar-refractivity contribution in [3.05, 3.63) is 64.6 Å². The first kappa shape index (κ1) is 21.3. The Hall–Kier alpha value is -1.96. The first-order valence-corrected chi connectivity index (χ1v) is 10.7. The smallest absolute Gasteiger partial charge is 0.117 e. The monoisotopic (exact) mass is 365 g/mol. The van der Waals surface area contributed by atoms with Crippen LogP contribution in [0.2, 0.25) is 0 Å². The summed E-state index contributed by atoms with van der Waals surface area (Å²) in [6, 6.07) is 16.5. The second-order valence-electron chi connectivity index (χ2n) is 7.70. The van der Waals surface area contributed by atoms with Crippen molar-refractivity contribution in [3.63, 3.8) is 0 Å². The lowest BCUT2D eigenvalue weighted by molar-refractivity contribution is 0.532. The fourth-order valence-corrected chi connectivity index (χ4v) is 3.74. The van der Waals surface area contributed by atoms with E-state index in [0.717, 1.165) is 29.5 Å². The molecule has 1 unspecified atom stereocenters. The third-order valence-electron chi connectivity index (χ3n) is 5.36. The van der Waals surface area contributed by atoms with E-state index in [1.165, 1.54) is 56.9 Å². The van der Waals surface area contributed by atoms with Crippen molar-refractivity contribution in [2.45, 2.75) is 84.1 Å². The number of benzene rings is 2. The second-order valence-corrected chi connectivity index (χ2v) is 7.70. The first-order chi connectivity index (χ1) is 13.3. The molecule has 0 aromatic heterocycles. The summed E-state index contributed by atoms with van der Waals surface area (Å²) in [4.78, 5) is 11.6. The third kappa shape index (κ3) is 7.28. The highest BCUT2D eigenvalue weighted by Crippen LogP contribution is 2.34. The molecular formula is C25H35NO. The number of hydrogen-bond donors (Lipinski definition) is 0. The largest absolute Gasteiger partial charge is 0.150 e. The van der Waals surface area contributed by atoms with Crippen LogP contribution in [0.25, 0.3) is 11.1 Å². The summed E-state index contributed by atoms with van der Waals surface area (Å²) in [5, 5.41) is 3.49. The van der Waals surface area contributed by atoms with Gasteiger partial charge in [0.2, 0.25) is 0 Å². The number of nitroso groups, excluding NO2 is 1. The van der Waals surface area contributed by atoms with Gasteiger partial charge in [0.1, 0.15) is 6.04 Å². The number of unbranched alkanes of at least 4 members (excludes halogenated alkanes) is 8. The summed E-state index contributed by atoms with van der Waals surface area (Å²) in [5.74, 6) is 0. The van der Waals surface area contributed by atoms with E-state index in [1.807, 2.05) is 18.2 Å². The molecule has 27 heavy (non-hydrogen) atoms. The minimum atomic E-state index is -0.245. The third-order valence-corrected chi connectivity index (χ3v) is 5.36. The van der Waals surface area contributed by atoms with Gasteiger partial charge in [0, 0.05) is 0 Å². The van der Waals surface area contributed by atoms with Crippen LogP contribution in [0.3, 0.4) is 0 Å². The molecule has 0 bridgehead atoms. The fraction of sp³-hybridized carbons (Fsp3) is 0.520. The standard InChI is InChI=1S/C25H35NO/c1-3-4-5-6-7-8-9-10-14-17-25(26-27)23-19-18-21(2)20-24(23)22-15-12-11-13-16-22/h11-13,15-16,18-20,25H,3-10,14,17H2,1-2H3. The topological polar surface area (TPSA) is 29.4 Å². The van der Waals surface area contributed by atoms with E-state index in [-0.39, 0.29) is 6.04 Å².